The lowest BCUT2D eigenvalue weighted by Crippen LogP contribution is -2.55. The number of amides is 3. The topological polar surface area (TPSA) is 164 Å². The summed E-state index contributed by atoms with van der Waals surface area (Å²) >= 11 is 0. The Kier molecular flexibility index (Phi) is 16.1. The molecule has 4 atom stereocenters. The van der Waals surface area contributed by atoms with Crippen molar-refractivity contribution in [1.82, 2.24) is 21.4 Å². The summed E-state index contributed by atoms with van der Waals surface area (Å²) in [6.07, 6.45) is 7.52. The Morgan fingerprint density at radius 3 is 2.41 bits per heavy atom. The smallest absolute Gasteiger partial charge is 0.326 e. The summed E-state index contributed by atoms with van der Waals surface area (Å²) in [5, 5.41) is 17.8. The van der Waals surface area contributed by atoms with E-state index in [1.54, 1.807) is 0 Å². The van der Waals surface area contributed by atoms with Gasteiger partial charge in [-0.1, -0.05) is 50.1 Å². The van der Waals surface area contributed by atoms with Gasteiger partial charge >= 0.3 is 12.0 Å². The van der Waals surface area contributed by atoms with Crippen molar-refractivity contribution in [3.8, 4) is 0 Å². The number of benzene rings is 1. The van der Waals surface area contributed by atoms with Gasteiger partial charge in [0.2, 0.25) is 5.91 Å². The fourth-order valence-corrected chi connectivity index (χ4v) is 4.63. The first-order valence-corrected chi connectivity index (χ1v) is 14.2. The van der Waals surface area contributed by atoms with Crippen molar-refractivity contribution in [3.05, 3.63) is 35.9 Å². The van der Waals surface area contributed by atoms with E-state index in [-0.39, 0.29) is 25.2 Å². The van der Waals surface area contributed by atoms with Crippen LogP contribution < -0.4 is 27.2 Å². The molecule has 1 fully saturated rings. The molecule has 1 aliphatic carbocycles. The molecule has 2 unspecified atom stereocenters. The maximum atomic E-state index is 13.1. The lowest BCUT2D eigenvalue weighted by Gasteiger charge is -2.31. The molecule has 2 rings (SSSR count). The molecule has 0 heterocycles. The van der Waals surface area contributed by atoms with Gasteiger partial charge in [0.05, 0.1) is 6.61 Å². The lowest BCUT2D eigenvalue weighted by atomic mass is 9.85. The van der Waals surface area contributed by atoms with Gasteiger partial charge in [0, 0.05) is 12.6 Å². The zero-order valence-electron chi connectivity index (χ0n) is 23.2. The van der Waals surface area contributed by atoms with Crippen LogP contribution in [-0.2, 0) is 25.8 Å². The van der Waals surface area contributed by atoms with Crippen molar-refractivity contribution in [1.29, 1.82) is 0 Å². The van der Waals surface area contributed by atoms with Crippen molar-refractivity contribution in [2.45, 2.75) is 95.9 Å². The average molecular weight is 550 g/mol. The molecule has 220 valence electrons. The van der Waals surface area contributed by atoms with Crippen molar-refractivity contribution in [3.63, 3.8) is 0 Å². The summed E-state index contributed by atoms with van der Waals surface area (Å²) in [5.74, 6) is -0.975. The van der Waals surface area contributed by atoms with Gasteiger partial charge in [0.25, 0.3) is 0 Å². The van der Waals surface area contributed by atoms with E-state index in [2.05, 4.69) is 28.4 Å². The van der Waals surface area contributed by atoms with E-state index in [0.29, 0.717) is 57.7 Å². The Bertz CT molecular complexity index is 843. The quantitative estimate of drug-likeness (QED) is 0.0871. The zero-order chi connectivity index (χ0) is 28.3. The van der Waals surface area contributed by atoms with Crippen molar-refractivity contribution >= 4 is 17.9 Å². The van der Waals surface area contributed by atoms with E-state index in [9.17, 15) is 19.5 Å². The number of carboxylic acid groups (broad SMARTS) is 1. The van der Waals surface area contributed by atoms with Gasteiger partial charge < -0.3 is 31.5 Å². The third-order valence-electron chi connectivity index (χ3n) is 6.99. The number of nitrogens with two attached hydrogens (primary N) is 1. The Hall–Kier alpha value is -2.73. The molecule has 1 saturated carbocycles. The van der Waals surface area contributed by atoms with E-state index < -0.39 is 24.1 Å². The molecule has 1 aromatic rings. The van der Waals surface area contributed by atoms with E-state index in [1.807, 2.05) is 30.3 Å². The minimum atomic E-state index is -1.11. The molecule has 0 saturated heterocycles. The number of carbonyl (C=O) groups excluding carboxylic acids is 2. The van der Waals surface area contributed by atoms with E-state index in [0.717, 1.165) is 31.2 Å². The monoisotopic (exact) mass is 549 g/mol. The summed E-state index contributed by atoms with van der Waals surface area (Å²) in [6, 6.07) is 7.42. The van der Waals surface area contributed by atoms with Crippen molar-refractivity contribution < 1.29 is 29.1 Å². The largest absolute Gasteiger partial charge is 0.480 e. The van der Waals surface area contributed by atoms with Gasteiger partial charge in [0.1, 0.15) is 12.1 Å². The normalized spacial score (nSPS) is 18.6. The number of carboxylic acids is 1. The SMILES string of the molecule is CC1CCCCC1NC(=O)[C@@H](CCCCNOCOCc1ccccc1)NC(=O)N[C@@H](CCCCN)C(=O)O. The summed E-state index contributed by atoms with van der Waals surface area (Å²) < 4.78 is 5.46. The highest BCUT2D eigenvalue weighted by Crippen LogP contribution is 2.23. The lowest BCUT2D eigenvalue weighted by molar-refractivity contribution is -0.139. The number of hydrogen-bond acceptors (Lipinski definition) is 7. The average Bonchev–Trinajstić information content (AvgIpc) is 2.92. The first-order valence-electron chi connectivity index (χ1n) is 14.2. The molecule has 0 radical (unpaired) electrons. The molecule has 1 aromatic carbocycles. The van der Waals surface area contributed by atoms with Crippen molar-refractivity contribution in [2.24, 2.45) is 11.7 Å². The van der Waals surface area contributed by atoms with E-state index in [4.69, 9.17) is 15.3 Å². The Labute approximate surface area is 231 Å². The second-order valence-corrected chi connectivity index (χ2v) is 10.2. The van der Waals surface area contributed by atoms with Crippen LogP contribution in [0.2, 0.25) is 0 Å². The molecule has 0 aromatic heterocycles. The fraction of sp³-hybridized carbons (Fsp3) is 0.679. The molecule has 0 spiro atoms. The first kappa shape index (κ1) is 32.5. The number of hydroxylamine groups is 1. The summed E-state index contributed by atoms with van der Waals surface area (Å²) in [4.78, 5) is 42.7. The number of hydrogen-bond donors (Lipinski definition) is 6. The summed E-state index contributed by atoms with van der Waals surface area (Å²) in [7, 11) is 0. The predicted octanol–water partition coefficient (Wildman–Crippen LogP) is 2.80. The van der Waals surface area contributed by atoms with Crippen LogP contribution in [0.5, 0.6) is 0 Å². The third-order valence-corrected chi connectivity index (χ3v) is 6.99. The highest BCUT2D eigenvalue weighted by atomic mass is 16.8. The molecule has 0 aliphatic heterocycles. The molecule has 3 amide bonds. The zero-order valence-corrected chi connectivity index (χ0v) is 23.2. The second kappa shape index (κ2) is 19.3. The van der Waals surface area contributed by atoms with Gasteiger partial charge in [-0.2, -0.15) is 5.48 Å². The van der Waals surface area contributed by atoms with Crippen molar-refractivity contribution in [2.75, 3.05) is 19.9 Å². The molecule has 7 N–H and O–H groups in total. The Morgan fingerprint density at radius 2 is 1.69 bits per heavy atom. The number of urea groups is 1. The molecule has 11 heteroatoms. The minimum Gasteiger partial charge on any atom is -0.480 e. The third kappa shape index (κ3) is 13.8. The number of carbonyl (C=O) groups is 3. The van der Waals surface area contributed by atoms with Gasteiger partial charge in [0.15, 0.2) is 6.79 Å². The molecule has 1 aliphatic rings. The minimum absolute atomic E-state index is 0.0765. The van der Waals surface area contributed by atoms with Crippen LogP contribution >= 0.6 is 0 Å². The summed E-state index contributed by atoms with van der Waals surface area (Å²) in [5.41, 5.74) is 9.40. The fourth-order valence-electron chi connectivity index (χ4n) is 4.63. The van der Waals surface area contributed by atoms with Gasteiger partial charge in [-0.3, -0.25) is 9.63 Å². The van der Waals surface area contributed by atoms with Crippen LogP contribution in [0.4, 0.5) is 4.79 Å². The van der Waals surface area contributed by atoms with E-state index >= 15 is 0 Å². The highest BCUT2D eigenvalue weighted by Gasteiger charge is 2.28. The molecular formula is C28H47N5O6. The Morgan fingerprint density at radius 1 is 1.00 bits per heavy atom. The van der Waals surface area contributed by atoms with Crippen LogP contribution in [-0.4, -0.2) is 61.0 Å². The van der Waals surface area contributed by atoms with Crippen LogP contribution in [0.25, 0.3) is 0 Å². The van der Waals surface area contributed by atoms with Gasteiger partial charge in [-0.25, -0.2) is 9.59 Å². The number of ether oxygens (including phenoxy) is 1. The Balaban J connectivity index is 1.77. The summed E-state index contributed by atoms with van der Waals surface area (Å²) in [6.45, 7) is 3.71. The van der Waals surface area contributed by atoms with Gasteiger partial charge in [-0.05, 0) is 69.4 Å². The molecule has 39 heavy (non-hydrogen) atoms. The first-order chi connectivity index (χ1) is 18.9. The van der Waals surface area contributed by atoms with Crippen LogP contribution in [0.15, 0.2) is 30.3 Å². The maximum absolute atomic E-state index is 13.1. The van der Waals surface area contributed by atoms with Crippen LogP contribution in [0, 0.1) is 5.92 Å². The molecule has 11 nitrogen and oxygen atoms in total. The number of unbranched alkanes of at least 4 members (excludes halogenated alkanes) is 2. The number of aliphatic carboxylic acids is 1. The molecular weight excluding hydrogens is 502 g/mol. The van der Waals surface area contributed by atoms with Crippen LogP contribution in [0.3, 0.4) is 0 Å². The van der Waals surface area contributed by atoms with Crippen LogP contribution in [0.1, 0.15) is 76.7 Å². The molecule has 0 bridgehead atoms. The predicted molar refractivity (Wildman–Crippen MR) is 148 cm³/mol. The van der Waals surface area contributed by atoms with E-state index in [1.165, 1.54) is 0 Å². The maximum Gasteiger partial charge on any atom is 0.326 e. The van der Waals surface area contributed by atoms with Gasteiger partial charge in [-0.15, -0.1) is 0 Å². The number of rotatable bonds is 19. The second-order valence-electron chi connectivity index (χ2n) is 10.2. The number of nitrogens with one attached hydrogen (secondary N) is 4. The standard InChI is InChI=1S/C28H47N5O6/c1-21-11-5-6-14-23(21)31-26(34)24(32-28(37)33-25(27(35)36)16-7-9-17-29)15-8-10-18-30-39-20-38-19-22-12-3-2-4-13-22/h2-4,12-13,21,23-25,30H,5-11,14-20,29H2,1H3,(H,31,34)(H,35,36)(H2,32,33,37)/t21?,23?,24-,25+/m1/s1. The highest BCUT2D eigenvalue weighted by molar-refractivity contribution is 5.88.